The highest BCUT2D eigenvalue weighted by molar-refractivity contribution is 5.83. The molecule has 2 amide bonds. The fraction of sp³-hybridized carbons (Fsp3) is 0.259. The molecule has 0 aromatic heterocycles. The summed E-state index contributed by atoms with van der Waals surface area (Å²) in [7, 11) is 0. The topological polar surface area (TPSA) is 40.6 Å². The second kappa shape index (κ2) is 10.1. The van der Waals surface area contributed by atoms with Crippen molar-refractivity contribution < 1.29 is 9.59 Å². The number of carbonyl (C=O) groups is 2. The zero-order valence-corrected chi connectivity index (χ0v) is 17.7. The lowest BCUT2D eigenvalue weighted by Crippen LogP contribution is -2.48. The normalized spacial score (nSPS) is 17.4. The fourth-order valence-corrected chi connectivity index (χ4v) is 4.17. The van der Waals surface area contributed by atoms with Crippen LogP contribution in [0.15, 0.2) is 91.0 Å². The van der Waals surface area contributed by atoms with Crippen molar-refractivity contribution in [2.75, 3.05) is 13.1 Å². The molecule has 4 nitrogen and oxygen atoms in total. The van der Waals surface area contributed by atoms with Gasteiger partial charge in [-0.25, -0.2) is 0 Å². The van der Waals surface area contributed by atoms with E-state index in [9.17, 15) is 9.59 Å². The minimum absolute atomic E-state index is 0.104. The minimum Gasteiger partial charge on any atom is -0.338 e. The van der Waals surface area contributed by atoms with Gasteiger partial charge in [-0.2, -0.15) is 0 Å². The van der Waals surface area contributed by atoms with Gasteiger partial charge in [0.1, 0.15) is 0 Å². The van der Waals surface area contributed by atoms with E-state index in [1.165, 1.54) is 0 Å². The summed E-state index contributed by atoms with van der Waals surface area (Å²) >= 11 is 0. The first-order valence-corrected chi connectivity index (χ1v) is 10.9. The molecule has 1 aliphatic rings. The predicted molar refractivity (Wildman–Crippen MR) is 122 cm³/mol. The van der Waals surface area contributed by atoms with Crippen LogP contribution in [0, 0.1) is 5.92 Å². The lowest BCUT2D eigenvalue weighted by atomic mass is 9.95. The Kier molecular flexibility index (Phi) is 6.78. The highest BCUT2D eigenvalue weighted by Gasteiger charge is 2.31. The Balaban J connectivity index is 1.57. The molecule has 31 heavy (non-hydrogen) atoms. The van der Waals surface area contributed by atoms with Crippen LogP contribution in [0.25, 0.3) is 0 Å². The van der Waals surface area contributed by atoms with Crippen LogP contribution < -0.4 is 0 Å². The number of carbonyl (C=O) groups excluding carboxylic acids is 2. The Morgan fingerprint density at radius 1 is 0.645 bits per heavy atom. The molecule has 1 heterocycles. The van der Waals surface area contributed by atoms with Crippen LogP contribution in [0.5, 0.6) is 0 Å². The summed E-state index contributed by atoms with van der Waals surface area (Å²) in [5.41, 5.74) is 3.29. The predicted octanol–water partition coefficient (Wildman–Crippen LogP) is 4.31. The lowest BCUT2D eigenvalue weighted by Gasteiger charge is -2.35. The largest absolute Gasteiger partial charge is 0.338 e. The second-order valence-corrected chi connectivity index (χ2v) is 8.14. The Bertz CT molecular complexity index is 950. The Morgan fingerprint density at radius 2 is 1.13 bits per heavy atom. The van der Waals surface area contributed by atoms with E-state index in [1.54, 1.807) is 0 Å². The highest BCUT2D eigenvalue weighted by Crippen LogP contribution is 2.21. The van der Waals surface area contributed by atoms with Crippen molar-refractivity contribution in [2.24, 2.45) is 5.92 Å². The van der Waals surface area contributed by atoms with Crippen molar-refractivity contribution in [3.05, 3.63) is 108 Å². The summed E-state index contributed by atoms with van der Waals surface area (Å²) in [6, 6.07) is 30.1. The van der Waals surface area contributed by atoms with Gasteiger partial charge in [0.15, 0.2) is 0 Å². The van der Waals surface area contributed by atoms with Crippen molar-refractivity contribution in [1.29, 1.82) is 0 Å². The van der Waals surface area contributed by atoms with E-state index in [0.717, 1.165) is 16.7 Å². The van der Waals surface area contributed by atoms with E-state index >= 15 is 0 Å². The van der Waals surface area contributed by atoms with Crippen LogP contribution in [-0.2, 0) is 29.1 Å². The smallest absolute Gasteiger partial charge is 0.228 e. The first kappa shape index (κ1) is 20.9. The maximum Gasteiger partial charge on any atom is 0.228 e. The summed E-state index contributed by atoms with van der Waals surface area (Å²) in [6.45, 7) is 1.96. The van der Waals surface area contributed by atoms with E-state index in [1.807, 2.05) is 88.7 Å². The van der Waals surface area contributed by atoms with Crippen molar-refractivity contribution in [2.45, 2.75) is 25.9 Å². The van der Waals surface area contributed by atoms with Crippen LogP contribution in [0.3, 0.4) is 0 Å². The van der Waals surface area contributed by atoms with Crippen LogP contribution in [0.1, 0.15) is 23.1 Å². The summed E-state index contributed by atoms with van der Waals surface area (Å²) < 4.78 is 0. The second-order valence-electron chi connectivity index (χ2n) is 8.14. The quantitative estimate of drug-likeness (QED) is 0.605. The average Bonchev–Trinajstić information content (AvgIpc) is 2.81. The van der Waals surface area contributed by atoms with Gasteiger partial charge in [0.05, 0.1) is 5.92 Å². The molecule has 0 aliphatic carbocycles. The monoisotopic (exact) mass is 412 g/mol. The average molecular weight is 413 g/mol. The van der Waals surface area contributed by atoms with E-state index in [4.69, 9.17) is 0 Å². The van der Waals surface area contributed by atoms with Gasteiger partial charge in [-0.3, -0.25) is 9.59 Å². The van der Waals surface area contributed by atoms with E-state index < -0.39 is 0 Å². The zero-order valence-electron chi connectivity index (χ0n) is 17.7. The van der Waals surface area contributed by atoms with Crippen LogP contribution in [0.2, 0.25) is 0 Å². The Morgan fingerprint density at radius 3 is 1.68 bits per heavy atom. The van der Waals surface area contributed by atoms with Gasteiger partial charge in [-0.05, 0) is 23.1 Å². The molecular weight excluding hydrogens is 384 g/mol. The molecule has 1 atom stereocenters. The van der Waals surface area contributed by atoms with Gasteiger partial charge >= 0.3 is 0 Å². The van der Waals surface area contributed by atoms with Crippen molar-refractivity contribution in [3.8, 4) is 0 Å². The first-order valence-electron chi connectivity index (χ1n) is 10.9. The van der Waals surface area contributed by atoms with Gasteiger partial charge in [0, 0.05) is 32.6 Å². The molecule has 0 spiro atoms. The third-order valence-corrected chi connectivity index (χ3v) is 5.81. The molecule has 158 valence electrons. The number of amides is 2. The Labute approximate surface area is 184 Å². The molecule has 0 radical (unpaired) electrons. The molecule has 1 saturated heterocycles. The van der Waals surface area contributed by atoms with Crippen LogP contribution >= 0.6 is 0 Å². The standard InChI is InChI=1S/C27H28N2O2/c30-26-16-17-28(19-23-12-6-2-7-13-23)27(31)25(18-22-10-4-1-5-11-22)21-29(26)20-24-14-8-3-9-15-24/h1-15,25H,16-21H2. The molecule has 3 aromatic carbocycles. The lowest BCUT2D eigenvalue weighted by molar-refractivity contribution is -0.144. The van der Waals surface area contributed by atoms with E-state index in [-0.39, 0.29) is 17.7 Å². The van der Waals surface area contributed by atoms with E-state index in [0.29, 0.717) is 39.0 Å². The number of hydrogen-bond donors (Lipinski definition) is 0. The molecule has 1 unspecified atom stereocenters. The molecule has 3 aromatic rings. The summed E-state index contributed by atoms with van der Waals surface area (Å²) in [5.74, 6) is -0.0372. The SMILES string of the molecule is O=C1CCN(Cc2ccccc2)C(=O)C(Cc2ccccc2)CN1Cc1ccccc1. The van der Waals surface area contributed by atoms with Gasteiger partial charge in [-0.1, -0.05) is 91.0 Å². The fourth-order valence-electron chi connectivity index (χ4n) is 4.17. The van der Waals surface area contributed by atoms with Crippen molar-refractivity contribution in [1.82, 2.24) is 9.80 Å². The molecule has 0 bridgehead atoms. The number of hydrogen-bond acceptors (Lipinski definition) is 2. The molecule has 0 N–H and O–H groups in total. The van der Waals surface area contributed by atoms with Crippen LogP contribution in [0.4, 0.5) is 0 Å². The number of nitrogens with zero attached hydrogens (tertiary/aromatic N) is 2. The number of rotatable bonds is 6. The zero-order chi connectivity index (χ0) is 21.5. The van der Waals surface area contributed by atoms with Gasteiger partial charge in [-0.15, -0.1) is 0 Å². The van der Waals surface area contributed by atoms with Gasteiger partial charge in [0.25, 0.3) is 0 Å². The molecule has 4 rings (SSSR count). The highest BCUT2D eigenvalue weighted by atomic mass is 16.2. The van der Waals surface area contributed by atoms with Crippen LogP contribution in [-0.4, -0.2) is 34.7 Å². The molecule has 0 saturated carbocycles. The van der Waals surface area contributed by atoms with Crippen molar-refractivity contribution >= 4 is 11.8 Å². The summed E-state index contributed by atoms with van der Waals surface area (Å²) in [4.78, 5) is 30.4. The third kappa shape index (κ3) is 5.60. The maximum absolute atomic E-state index is 13.6. The molecular formula is C27H28N2O2. The third-order valence-electron chi connectivity index (χ3n) is 5.81. The first-order chi connectivity index (χ1) is 15.2. The van der Waals surface area contributed by atoms with Gasteiger partial charge < -0.3 is 9.80 Å². The van der Waals surface area contributed by atoms with Gasteiger partial charge in [0.2, 0.25) is 11.8 Å². The van der Waals surface area contributed by atoms with E-state index in [2.05, 4.69) is 12.1 Å². The maximum atomic E-state index is 13.6. The Hall–Kier alpha value is -3.40. The molecule has 1 fully saturated rings. The molecule has 4 heteroatoms. The minimum atomic E-state index is -0.265. The molecule has 1 aliphatic heterocycles. The summed E-state index contributed by atoms with van der Waals surface area (Å²) in [6.07, 6.45) is 0.979. The number of benzene rings is 3. The van der Waals surface area contributed by atoms with Crippen molar-refractivity contribution in [3.63, 3.8) is 0 Å². The summed E-state index contributed by atoms with van der Waals surface area (Å²) in [5, 5.41) is 0.